The maximum Gasteiger partial charge on any atom is 0.246 e. The number of halogens is 2. The van der Waals surface area contributed by atoms with E-state index in [9.17, 15) is 17.2 Å². The van der Waals surface area contributed by atoms with Crippen LogP contribution in [-0.2, 0) is 16.6 Å². The molecule has 7 heteroatoms. The standard InChI is InChI=1S/C13H18F2N2O2S/c1-9(2)8-17(4)20(18,19)12-6-10(7-16-3)5-11(14)13(12)15/h5-6,16H,1,7-8H2,2-4H3. The van der Waals surface area contributed by atoms with Gasteiger partial charge < -0.3 is 5.32 Å². The molecule has 0 amide bonds. The summed E-state index contributed by atoms with van der Waals surface area (Å²) in [5.74, 6) is -2.54. The van der Waals surface area contributed by atoms with Crippen LogP contribution in [0.3, 0.4) is 0 Å². The number of benzene rings is 1. The van der Waals surface area contributed by atoms with E-state index in [4.69, 9.17) is 0 Å². The molecule has 1 N–H and O–H groups in total. The minimum absolute atomic E-state index is 0.0413. The second-order valence-corrected chi connectivity index (χ2v) is 6.65. The fraction of sp³-hybridized carbons (Fsp3) is 0.385. The van der Waals surface area contributed by atoms with Crippen molar-refractivity contribution in [3.05, 3.63) is 41.5 Å². The van der Waals surface area contributed by atoms with Gasteiger partial charge in [-0.3, -0.25) is 0 Å². The van der Waals surface area contributed by atoms with Crippen LogP contribution in [0.5, 0.6) is 0 Å². The minimum Gasteiger partial charge on any atom is -0.316 e. The highest BCUT2D eigenvalue weighted by Crippen LogP contribution is 2.23. The van der Waals surface area contributed by atoms with Gasteiger partial charge in [-0.15, -0.1) is 0 Å². The first-order valence-corrected chi connectivity index (χ1v) is 7.37. The third-order valence-corrected chi connectivity index (χ3v) is 4.42. The average Bonchev–Trinajstić information content (AvgIpc) is 2.32. The van der Waals surface area contributed by atoms with Crippen molar-refractivity contribution in [1.82, 2.24) is 9.62 Å². The molecule has 112 valence electrons. The quantitative estimate of drug-likeness (QED) is 0.816. The fourth-order valence-corrected chi connectivity index (χ4v) is 3.09. The predicted molar refractivity (Wildman–Crippen MR) is 73.8 cm³/mol. The molecule has 0 heterocycles. The Hall–Kier alpha value is -1.31. The Kier molecular flexibility index (Phi) is 5.38. The lowest BCUT2D eigenvalue weighted by Crippen LogP contribution is -2.29. The van der Waals surface area contributed by atoms with Gasteiger partial charge in [0.25, 0.3) is 0 Å². The summed E-state index contributed by atoms with van der Waals surface area (Å²) in [6.45, 7) is 5.54. The Morgan fingerprint density at radius 1 is 1.40 bits per heavy atom. The van der Waals surface area contributed by atoms with Crippen molar-refractivity contribution in [2.45, 2.75) is 18.4 Å². The number of hydrogen-bond acceptors (Lipinski definition) is 3. The lowest BCUT2D eigenvalue weighted by atomic mass is 10.2. The molecular formula is C13H18F2N2O2S. The van der Waals surface area contributed by atoms with Crippen LogP contribution in [0, 0.1) is 11.6 Å². The van der Waals surface area contributed by atoms with Gasteiger partial charge in [-0.25, -0.2) is 17.2 Å². The molecule has 1 aromatic rings. The third kappa shape index (κ3) is 3.62. The lowest BCUT2D eigenvalue weighted by molar-refractivity contribution is 0.460. The molecule has 0 aliphatic carbocycles. The highest BCUT2D eigenvalue weighted by atomic mass is 32.2. The van der Waals surface area contributed by atoms with Crippen LogP contribution >= 0.6 is 0 Å². The van der Waals surface area contributed by atoms with Gasteiger partial charge in [-0.2, -0.15) is 4.31 Å². The molecule has 0 saturated carbocycles. The van der Waals surface area contributed by atoms with Crippen molar-refractivity contribution in [3.63, 3.8) is 0 Å². The van der Waals surface area contributed by atoms with Gasteiger partial charge in [-0.05, 0) is 31.7 Å². The first kappa shape index (κ1) is 16.7. The number of hydrogen-bond donors (Lipinski definition) is 1. The topological polar surface area (TPSA) is 49.4 Å². The van der Waals surface area contributed by atoms with Gasteiger partial charge in [0.1, 0.15) is 4.90 Å². The molecule has 0 saturated heterocycles. The summed E-state index contributed by atoms with van der Waals surface area (Å²) in [6.07, 6.45) is 0. The Bertz CT molecular complexity index is 615. The molecule has 0 unspecified atom stereocenters. The summed E-state index contributed by atoms with van der Waals surface area (Å²) in [5, 5.41) is 2.76. The van der Waals surface area contributed by atoms with Crippen LogP contribution in [0.25, 0.3) is 0 Å². The zero-order chi connectivity index (χ0) is 15.5. The number of nitrogens with one attached hydrogen (secondary N) is 1. The normalized spacial score (nSPS) is 11.9. The minimum atomic E-state index is -4.10. The Balaban J connectivity index is 3.33. The molecule has 20 heavy (non-hydrogen) atoms. The molecule has 0 radical (unpaired) electrons. The van der Waals surface area contributed by atoms with Gasteiger partial charge in [0.15, 0.2) is 11.6 Å². The van der Waals surface area contributed by atoms with E-state index >= 15 is 0 Å². The van der Waals surface area contributed by atoms with Gasteiger partial charge >= 0.3 is 0 Å². The summed E-state index contributed by atoms with van der Waals surface area (Å²) in [4.78, 5) is -0.661. The molecule has 0 aliphatic rings. The van der Waals surface area contributed by atoms with Crippen LogP contribution < -0.4 is 5.32 Å². The van der Waals surface area contributed by atoms with Crippen LogP contribution in [0.1, 0.15) is 12.5 Å². The van der Waals surface area contributed by atoms with Crippen molar-refractivity contribution in [1.29, 1.82) is 0 Å². The highest BCUT2D eigenvalue weighted by molar-refractivity contribution is 7.89. The van der Waals surface area contributed by atoms with E-state index in [1.165, 1.54) is 7.05 Å². The summed E-state index contributed by atoms with van der Waals surface area (Å²) in [7, 11) is -1.17. The molecule has 0 aliphatic heterocycles. The van der Waals surface area contributed by atoms with E-state index < -0.39 is 26.6 Å². The van der Waals surface area contributed by atoms with Crippen molar-refractivity contribution in [3.8, 4) is 0 Å². The van der Waals surface area contributed by atoms with Gasteiger partial charge in [0.05, 0.1) is 0 Å². The second kappa shape index (κ2) is 6.43. The van der Waals surface area contributed by atoms with Crippen molar-refractivity contribution in [2.24, 2.45) is 0 Å². The van der Waals surface area contributed by atoms with Gasteiger partial charge in [0.2, 0.25) is 10.0 Å². The monoisotopic (exact) mass is 304 g/mol. The lowest BCUT2D eigenvalue weighted by Gasteiger charge is -2.18. The molecule has 1 rings (SSSR count). The van der Waals surface area contributed by atoms with E-state index in [2.05, 4.69) is 11.9 Å². The molecule has 0 aromatic heterocycles. The Morgan fingerprint density at radius 2 is 2.00 bits per heavy atom. The average molecular weight is 304 g/mol. The molecule has 0 atom stereocenters. The van der Waals surface area contributed by atoms with Gasteiger partial charge in [-0.1, -0.05) is 12.2 Å². The van der Waals surface area contributed by atoms with E-state index in [1.807, 2.05) is 0 Å². The molecule has 4 nitrogen and oxygen atoms in total. The first-order chi connectivity index (χ1) is 9.20. The molecule has 1 aromatic carbocycles. The number of sulfonamides is 1. The smallest absolute Gasteiger partial charge is 0.246 e. The molecule has 0 spiro atoms. The van der Waals surface area contributed by atoms with E-state index in [1.54, 1.807) is 14.0 Å². The number of nitrogens with zero attached hydrogens (tertiary/aromatic N) is 1. The van der Waals surface area contributed by atoms with E-state index in [0.717, 1.165) is 16.4 Å². The zero-order valence-electron chi connectivity index (χ0n) is 11.7. The maximum absolute atomic E-state index is 13.8. The van der Waals surface area contributed by atoms with Crippen LogP contribution in [0.4, 0.5) is 8.78 Å². The first-order valence-electron chi connectivity index (χ1n) is 5.93. The van der Waals surface area contributed by atoms with E-state index in [-0.39, 0.29) is 13.1 Å². The largest absolute Gasteiger partial charge is 0.316 e. The Labute approximate surface area is 118 Å². The third-order valence-electron chi connectivity index (χ3n) is 2.62. The van der Waals surface area contributed by atoms with Crippen LogP contribution in [0.2, 0.25) is 0 Å². The van der Waals surface area contributed by atoms with Crippen molar-refractivity contribution in [2.75, 3.05) is 20.6 Å². The highest BCUT2D eigenvalue weighted by Gasteiger charge is 2.27. The van der Waals surface area contributed by atoms with Gasteiger partial charge in [0, 0.05) is 20.1 Å². The van der Waals surface area contributed by atoms with Crippen LogP contribution in [0.15, 0.2) is 29.2 Å². The summed E-state index contributed by atoms with van der Waals surface area (Å²) < 4.78 is 52.8. The summed E-state index contributed by atoms with van der Waals surface area (Å²) >= 11 is 0. The molecule has 0 bridgehead atoms. The Morgan fingerprint density at radius 3 is 2.50 bits per heavy atom. The van der Waals surface area contributed by atoms with Crippen molar-refractivity contribution < 1.29 is 17.2 Å². The fourth-order valence-electron chi connectivity index (χ4n) is 1.74. The number of rotatable bonds is 6. The summed E-state index contributed by atoms with van der Waals surface area (Å²) in [6, 6.07) is 2.11. The molecular weight excluding hydrogens is 286 g/mol. The number of likely N-dealkylation sites (N-methyl/N-ethyl adjacent to an activating group) is 1. The SMILES string of the molecule is C=C(C)CN(C)S(=O)(=O)c1cc(CNC)cc(F)c1F. The second-order valence-electron chi connectivity index (χ2n) is 4.64. The predicted octanol–water partition coefficient (Wildman–Crippen LogP) is 1.88. The van der Waals surface area contributed by atoms with Crippen LogP contribution in [-0.4, -0.2) is 33.4 Å². The van der Waals surface area contributed by atoms with E-state index in [0.29, 0.717) is 11.1 Å². The summed E-state index contributed by atoms with van der Waals surface area (Å²) in [5.41, 5.74) is 0.956. The zero-order valence-corrected chi connectivity index (χ0v) is 12.5. The molecule has 0 fully saturated rings. The van der Waals surface area contributed by atoms with Crippen molar-refractivity contribution >= 4 is 10.0 Å². The maximum atomic E-state index is 13.8.